The summed E-state index contributed by atoms with van der Waals surface area (Å²) >= 11 is 0. The summed E-state index contributed by atoms with van der Waals surface area (Å²) in [6.07, 6.45) is 1.39. The van der Waals surface area contributed by atoms with Gasteiger partial charge in [-0.15, -0.1) is 0 Å². The molecule has 0 radical (unpaired) electrons. The lowest BCUT2D eigenvalue weighted by Crippen LogP contribution is -2.11. The zero-order chi connectivity index (χ0) is 22.8. The van der Waals surface area contributed by atoms with Gasteiger partial charge in [0.15, 0.2) is 11.6 Å². The van der Waals surface area contributed by atoms with Crippen LogP contribution in [0.1, 0.15) is 12.5 Å². The number of ether oxygens (including phenoxy) is 1. The number of aromatic amines is 1. The van der Waals surface area contributed by atoms with Crippen molar-refractivity contribution in [3.8, 4) is 28.7 Å². The van der Waals surface area contributed by atoms with Crippen molar-refractivity contribution in [3.63, 3.8) is 0 Å². The van der Waals surface area contributed by atoms with Gasteiger partial charge in [0.1, 0.15) is 5.82 Å². The maximum Gasteiger partial charge on any atom is 0.293 e. The van der Waals surface area contributed by atoms with E-state index in [1.165, 1.54) is 19.4 Å². The van der Waals surface area contributed by atoms with Crippen molar-refractivity contribution in [2.75, 3.05) is 19.0 Å². The standard InChI is InChI=1S/C24H19FN4O3/c1-3-27-23-16-9-7-13(15-5-4-6-18(32-2)21(15)25)11-17(16)20-22(29-23)14(8-10-19(26)30)12-28-24(20)31/h4-7,9,11-12H,3H2,1-2H3,(H2,26,30)(H,27,29)(H,28,31). The van der Waals surface area contributed by atoms with Crippen LogP contribution in [-0.2, 0) is 4.79 Å². The number of H-pyrrole nitrogens is 1. The highest BCUT2D eigenvalue weighted by molar-refractivity contribution is 6.12. The molecule has 8 heteroatoms. The van der Waals surface area contributed by atoms with Gasteiger partial charge >= 0.3 is 0 Å². The molecule has 7 nitrogen and oxygen atoms in total. The van der Waals surface area contributed by atoms with Gasteiger partial charge in [-0.05, 0) is 24.6 Å². The van der Waals surface area contributed by atoms with Gasteiger partial charge in [-0.2, -0.15) is 0 Å². The molecule has 0 fully saturated rings. The first kappa shape index (κ1) is 20.9. The summed E-state index contributed by atoms with van der Waals surface area (Å²) in [6, 6.07) is 10.2. The van der Waals surface area contributed by atoms with Crippen molar-refractivity contribution < 1.29 is 13.9 Å². The first-order valence-corrected chi connectivity index (χ1v) is 9.82. The van der Waals surface area contributed by atoms with E-state index in [0.29, 0.717) is 45.3 Å². The third kappa shape index (κ3) is 3.61. The fourth-order valence-electron chi connectivity index (χ4n) is 3.60. The molecule has 4 aromatic rings. The second-order valence-corrected chi connectivity index (χ2v) is 6.94. The molecule has 160 valence electrons. The monoisotopic (exact) mass is 430 g/mol. The number of fused-ring (bicyclic) bond motifs is 3. The summed E-state index contributed by atoms with van der Waals surface area (Å²) in [5, 5.41) is 4.72. The van der Waals surface area contributed by atoms with Gasteiger partial charge in [-0.25, -0.2) is 9.37 Å². The number of methoxy groups -OCH3 is 1. The van der Waals surface area contributed by atoms with Crippen LogP contribution in [0.2, 0.25) is 0 Å². The number of nitrogens with zero attached hydrogens (tertiary/aromatic N) is 1. The van der Waals surface area contributed by atoms with Crippen molar-refractivity contribution in [1.82, 2.24) is 9.97 Å². The summed E-state index contributed by atoms with van der Waals surface area (Å²) in [5.74, 6) is 4.30. The van der Waals surface area contributed by atoms with Gasteiger partial charge in [-0.3, -0.25) is 9.59 Å². The highest BCUT2D eigenvalue weighted by Gasteiger charge is 2.16. The van der Waals surface area contributed by atoms with Crippen LogP contribution in [0.4, 0.5) is 10.2 Å². The van der Waals surface area contributed by atoms with E-state index in [9.17, 15) is 14.0 Å². The quantitative estimate of drug-likeness (QED) is 0.340. The molecule has 0 spiro atoms. The Kier molecular flexibility index (Phi) is 5.48. The highest BCUT2D eigenvalue weighted by Crippen LogP contribution is 2.35. The van der Waals surface area contributed by atoms with Gasteiger partial charge in [0, 0.05) is 35.0 Å². The largest absolute Gasteiger partial charge is 0.494 e. The Bertz CT molecular complexity index is 1500. The molecule has 1 amide bonds. The van der Waals surface area contributed by atoms with Crippen molar-refractivity contribution in [3.05, 3.63) is 64.3 Å². The number of carbonyl (C=O) groups is 1. The van der Waals surface area contributed by atoms with E-state index in [-0.39, 0.29) is 16.7 Å². The number of anilines is 1. The molecular weight excluding hydrogens is 411 g/mol. The molecule has 4 N–H and O–H groups in total. The van der Waals surface area contributed by atoms with Crippen LogP contribution >= 0.6 is 0 Å². The Morgan fingerprint density at radius 3 is 2.81 bits per heavy atom. The molecule has 0 aliphatic carbocycles. The Morgan fingerprint density at radius 1 is 1.28 bits per heavy atom. The number of carbonyl (C=O) groups excluding carboxylic acids is 1. The predicted molar refractivity (Wildman–Crippen MR) is 122 cm³/mol. The number of amides is 1. The van der Waals surface area contributed by atoms with Crippen molar-refractivity contribution in [2.45, 2.75) is 6.92 Å². The maximum atomic E-state index is 14.9. The number of halogens is 1. The third-order valence-corrected chi connectivity index (χ3v) is 4.99. The molecule has 0 bridgehead atoms. The van der Waals surface area contributed by atoms with E-state index in [4.69, 9.17) is 10.5 Å². The van der Waals surface area contributed by atoms with Crippen LogP contribution in [0.15, 0.2) is 47.4 Å². The maximum absolute atomic E-state index is 14.9. The lowest BCUT2D eigenvalue weighted by atomic mass is 9.98. The molecule has 0 aliphatic rings. The number of nitrogens with two attached hydrogens (primary N) is 1. The average molecular weight is 430 g/mol. The third-order valence-electron chi connectivity index (χ3n) is 4.99. The second-order valence-electron chi connectivity index (χ2n) is 6.94. The van der Waals surface area contributed by atoms with E-state index in [2.05, 4.69) is 27.1 Å². The lowest BCUT2D eigenvalue weighted by molar-refractivity contribution is -0.112. The SMILES string of the molecule is CCNc1nc2c(C#CC(N)=O)c[nH]c(=O)c2c2cc(-c3cccc(OC)c3F)ccc12. The summed E-state index contributed by atoms with van der Waals surface area (Å²) < 4.78 is 20.0. The molecule has 2 heterocycles. The number of primary amides is 1. The Morgan fingerprint density at radius 2 is 2.09 bits per heavy atom. The Hall–Kier alpha value is -4.38. The van der Waals surface area contributed by atoms with Crippen LogP contribution in [0.5, 0.6) is 5.75 Å². The first-order chi connectivity index (χ1) is 15.4. The minimum atomic E-state index is -0.798. The molecule has 4 rings (SSSR count). The zero-order valence-corrected chi connectivity index (χ0v) is 17.4. The summed E-state index contributed by atoms with van der Waals surface area (Å²) in [6.45, 7) is 2.51. The number of rotatable bonds is 4. The van der Waals surface area contributed by atoms with Crippen molar-refractivity contribution in [1.29, 1.82) is 0 Å². The minimum Gasteiger partial charge on any atom is -0.494 e. The minimum absolute atomic E-state index is 0.123. The van der Waals surface area contributed by atoms with Gasteiger partial charge in [0.05, 0.1) is 23.6 Å². The van der Waals surface area contributed by atoms with E-state index in [1.54, 1.807) is 30.3 Å². The smallest absolute Gasteiger partial charge is 0.293 e. The fraction of sp³-hybridized carbons (Fsp3) is 0.125. The topological polar surface area (TPSA) is 110 Å². The number of benzene rings is 2. The number of hydrogen-bond acceptors (Lipinski definition) is 5. The van der Waals surface area contributed by atoms with Crippen LogP contribution in [0.25, 0.3) is 32.8 Å². The molecule has 2 aromatic heterocycles. The molecule has 0 saturated carbocycles. The zero-order valence-electron chi connectivity index (χ0n) is 17.4. The number of nitrogens with one attached hydrogen (secondary N) is 2. The fourth-order valence-corrected chi connectivity index (χ4v) is 3.60. The van der Waals surface area contributed by atoms with Gasteiger partial charge < -0.3 is 20.8 Å². The molecular formula is C24H19FN4O3. The van der Waals surface area contributed by atoms with E-state index >= 15 is 0 Å². The Balaban J connectivity index is 2.10. The molecule has 2 aromatic carbocycles. The molecule has 0 atom stereocenters. The molecule has 0 unspecified atom stereocenters. The normalized spacial score (nSPS) is 10.6. The van der Waals surface area contributed by atoms with E-state index in [0.717, 1.165) is 0 Å². The van der Waals surface area contributed by atoms with Crippen molar-refractivity contribution in [2.24, 2.45) is 5.73 Å². The van der Waals surface area contributed by atoms with Gasteiger partial charge in [0.2, 0.25) is 0 Å². The summed E-state index contributed by atoms with van der Waals surface area (Å²) in [4.78, 5) is 31.2. The molecule has 32 heavy (non-hydrogen) atoms. The van der Waals surface area contributed by atoms with Gasteiger partial charge in [0.25, 0.3) is 11.5 Å². The van der Waals surface area contributed by atoms with E-state index < -0.39 is 11.7 Å². The predicted octanol–water partition coefficient (Wildman–Crippen LogP) is 3.16. The highest BCUT2D eigenvalue weighted by atomic mass is 19.1. The van der Waals surface area contributed by atoms with Gasteiger partial charge in [-0.1, -0.05) is 30.2 Å². The second kappa shape index (κ2) is 8.40. The van der Waals surface area contributed by atoms with Crippen molar-refractivity contribution >= 4 is 33.4 Å². The number of pyridine rings is 2. The van der Waals surface area contributed by atoms with Crippen LogP contribution < -0.4 is 21.3 Å². The Labute approximate surface area is 182 Å². The lowest BCUT2D eigenvalue weighted by Gasteiger charge is -2.13. The number of aromatic nitrogens is 2. The average Bonchev–Trinajstić information content (AvgIpc) is 2.78. The van der Waals surface area contributed by atoms with Crippen LogP contribution in [-0.4, -0.2) is 29.5 Å². The van der Waals surface area contributed by atoms with Crippen LogP contribution in [0.3, 0.4) is 0 Å². The van der Waals surface area contributed by atoms with Crippen LogP contribution in [0, 0.1) is 17.7 Å². The molecule has 0 aliphatic heterocycles. The summed E-state index contributed by atoms with van der Waals surface area (Å²) in [5.41, 5.74) is 6.32. The first-order valence-electron chi connectivity index (χ1n) is 9.82. The molecule has 0 saturated heterocycles. The summed E-state index contributed by atoms with van der Waals surface area (Å²) in [7, 11) is 1.40. The number of hydrogen-bond donors (Lipinski definition) is 3. The van der Waals surface area contributed by atoms with E-state index in [1.807, 2.05) is 6.92 Å².